The molecule has 2 N–H and O–H groups in total. The number of methoxy groups -OCH3 is 1. The van der Waals surface area contributed by atoms with Gasteiger partial charge >= 0.3 is 24.4 Å². The van der Waals surface area contributed by atoms with Gasteiger partial charge in [0.05, 0.1) is 26.9 Å². The summed E-state index contributed by atoms with van der Waals surface area (Å²) in [6, 6.07) is 12.6. The Morgan fingerprint density at radius 2 is 1.33 bits per heavy atom. The molecule has 0 spiro atoms. The molecule has 0 amide bonds. The minimum atomic E-state index is -1.65. The molecule has 0 aliphatic carbocycles. The number of para-hydroxylation sites is 1. The maximum atomic E-state index is 12.7. The third kappa shape index (κ3) is 12.2. The van der Waals surface area contributed by atoms with E-state index < -0.39 is 30.0 Å². The van der Waals surface area contributed by atoms with Crippen LogP contribution in [0.25, 0.3) is 0 Å². The van der Waals surface area contributed by atoms with Gasteiger partial charge in [-0.1, -0.05) is 64.8 Å². The third-order valence-electron chi connectivity index (χ3n) is 6.58. The first-order valence-electron chi connectivity index (χ1n) is 14.1. The van der Waals surface area contributed by atoms with Crippen LogP contribution < -0.4 is 19.9 Å². The lowest BCUT2D eigenvalue weighted by Crippen LogP contribution is -2.51. The van der Waals surface area contributed by atoms with Gasteiger partial charge in [0.15, 0.2) is 11.5 Å². The van der Waals surface area contributed by atoms with E-state index in [4.69, 9.17) is 38.9 Å². The van der Waals surface area contributed by atoms with Crippen molar-refractivity contribution in [3.63, 3.8) is 0 Å². The Balaban J connectivity index is 2.19. The number of ether oxygens (including phenoxy) is 7. The van der Waals surface area contributed by atoms with Crippen LogP contribution in [0.15, 0.2) is 48.5 Å². The minimum absolute atomic E-state index is 0.105. The van der Waals surface area contributed by atoms with Gasteiger partial charge in [0.25, 0.3) is 0 Å². The van der Waals surface area contributed by atoms with Gasteiger partial charge in [-0.3, -0.25) is 4.79 Å². The number of nitrogens with two attached hydrogens (primary N) is 1. The molecule has 0 saturated carbocycles. The molecule has 0 saturated heterocycles. The molecule has 2 rings (SSSR count). The number of hydrogen-bond acceptors (Lipinski definition) is 12. The van der Waals surface area contributed by atoms with E-state index in [9.17, 15) is 19.2 Å². The van der Waals surface area contributed by atoms with E-state index in [0.29, 0.717) is 11.3 Å². The van der Waals surface area contributed by atoms with Gasteiger partial charge in [-0.2, -0.15) is 0 Å². The fraction of sp³-hybridized carbons (Fsp3) is 0.484. The monoisotopic (exact) mass is 603 g/mol. The van der Waals surface area contributed by atoms with Crippen LogP contribution in [-0.2, 0) is 30.2 Å². The molecular weight excluding hydrogens is 562 g/mol. The summed E-state index contributed by atoms with van der Waals surface area (Å²) in [4.78, 5) is 49.5. The van der Waals surface area contributed by atoms with E-state index in [0.717, 1.165) is 12.8 Å². The van der Waals surface area contributed by atoms with Gasteiger partial charge in [0, 0.05) is 12.8 Å². The standard InChI is InChI=1S/C31H41NO11/c1-6-21(3)19-39-29(35)42-25-14-13-23(17-26(25)43-30(36)40-20-22(4)7-2)18-31(32,27(33)37-5)15-16-38-28(34)41-24-11-9-8-10-12-24/h8-14,17,21-22H,6-7,15-16,18-20,32H2,1-5H3/t21?,22?,31-/m1/s1. The average molecular weight is 604 g/mol. The molecule has 0 heterocycles. The Kier molecular flexibility index (Phi) is 14.3. The largest absolute Gasteiger partial charge is 0.513 e. The van der Waals surface area contributed by atoms with E-state index in [2.05, 4.69) is 0 Å². The van der Waals surface area contributed by atoms with Crippen molar-refractivity contribution in [1.82, 2.24) is 0 Å². The van der Waals surface area contributed by atoms with Crippen molar-refractivity contribution in [2.75, 3.05) is 26.9 Å². The zero-order chi connectivity index (χ0) is 31.8. The highest BCUT2D eigenvalue weighted by Gasteiger charge is 2.36. The second-order valence-corrected chi connectivity index (χ2v) is 10.2. The Morgan fingerprint density at radius 1 is 0.767 bits per heavy atom. The van der Waals surface area contributed by atoms with Gasteiger partial charge in [0.2, 0.25) is 0 Å². The molecule has 0 bridgehead atoms. The van der Waals surface area contributed by atoms with Crippen LogP contribution in [0, 0.1) is 11.8 Å². The van der Waals surface area contributed by atoms with Crippen LogP contribution in [-0.4, -0.2) is 56.9 Å². The summed E-state index contributed by atoms with van der Waals surface area (Å²) in [5.74, 6) is -0.498. The van der Waals surface area contributed by atoms with Crippen LogP contribution in [0.4, 0.5) is 14.4 Å². The van der Waals surface area contributed by atoms with Crippen LogP contribution >= 0.6 is 0 Å². The Labute approximate surface area is 251 Å². The van der Waals surface area contributed by atoms with Crippen molar-refractivity contribution >= 4 is 24.4 Å². The molecule has 3 atom stereocenters. The van der Waals surface area contributed by atoms with Crippen molar-refractivity contribution < 1.29 is 52.3 Å². The summed E-state index contributed by atoms with van der Waals surface area (Å²) in [6.45, 7) is 7.77. The van der Waals surface area contributed by atoms with Gasteiger partial charge in [0.1, 0.15) is 11.3 Å². The van der Waals surface area contributed by atoms with Crippen molar-refractivity contribution in [3.05, 3.63) is 54.1 Å². The molecule has 12 nitrogen and oxygen atoms in total. The lowest BCUT2D eigenvalue weighted by molar-refractivity contribution is -0.147. The quantitative estimate of drug-likeness (QED) is 0.148. The normalized spacial score (nSPS) is 13.4. The van der Waals surface area contributed by atoms with E-state index in [1.165, 1.54) is 25.3 Å². The summed E-state index contributed by atoms with van der Waals surface area (Å²) in [5, 5.41) is 0. The maximum absolute atomic E-state index is 12.7. The highest BCUT2D eigenvalue weighted by molar-refractivity contribution is 5.81. The van der Waals surface area contributed by atoms with Crippen molar-refractivity contribution in [2.24, 2.45) is 17.6 Å². The fourth-order valence-electron chi connectivity index (χ4n) is 3.48. The van der Waals surface area contributed by atoms with E-state index in [1.54, 1.807) is 30.3 Å². The van der Waals surface area contributed by atoms with E-state index in [-0.39, 0.29) is 56.0 Å². The van der Waals surface area contributed by atoms with Crippen molar-refractivity contribution in [2.45, 2.75) is 58.9 Å². The Hall–Kier alpha value is -4.32. The molecular formula is C31H41NO11. The highest BCUT2D eigenvalue weighted by Crippen LogP contribution is 2.31. The second kappa shape index (κ2) is 17.6. The molecule has 0 aliphatic rings. The van der Waals surface area contributed by atoms with Gasteiger partial charge in [-0.15, -0.1) is 0 Å². The molecule has 2 unspecified atom stereocenters. The van der Waals surface area contributed by atoms with E-state index in [1.807, 2.05) is 27.7 Å². The summed E-state index contributed by atoms with van der Waals surface area (Å²) in [6.07, 6.45) is -1.60. The molecule has 12 heteroatoms. The average Bonchev–Trinajstić information content (AvgIpc) is 2.99. The van der Waals surface area contributed by atoms with Crippen LogP contribution in [0.5, 0.6) is 17.2 Å². The van der Waals surface area contributed by atoms with E-state index >= 15 is 0 Å². The fourth-order valence-corrected chi connectivity index (χ4v) is 3.48. The molecule has 43 heavy (non-hydrogen) atoms. The SMILES string of the molecule is CCC(C)COC(=O)Oc1ccc(C[C@](N)(CCOC(=O)Oc2ccccc2)C(=O)OC)cc1OC(=O)OCC(C)CC. The van der Waals surface area contributed by atoms with Crippen molar-refractivity contribution in [3.8, 4) is 17.2 Å². The number of carbonyl (C=O) groups excluding carboxylic acids is 4. The third-order valence-corrected chi connectivity index (χ3v) is 6.58. The molecule has 2 aromatic carbocycles. The van der Waals surface area contributed by atoms with Gasteiger partial charge < -0.3 is 38.9 Å². The molecule has 0 fully saturated rings. The van der Waals surface area contributed by atoms with Crippen LogP contribution in [0.1, 0.15) is 52.5 Å². The smallest absolute Gasteiger partial charge is 0.468 e. The highest BCUT2D eigenvalue weighted by atomic mass is 16.7. The number of esters is 1. The van der Waals surface area contributed by atoms with Crippen molar-refractivity contribution in [1.29, 1.82) is 0 Å². The molecule has 236 valence electrons. The summed E-state index contributed by atoms with van der Waals surface area (Å²) in [7, 11) is 1.18. The Morgan fingerprint density at radius 3 is 1.88 bits per heavy atom. The number of benzene rings is 2. The predicted molar refractivity (Wildman–Crippen MR) is 155 cm³/mol. The van der Waals surface area contributed by atoms with Gasteiger partial charge in [-0.05, 0) is 41.7 Å². The summed E-state index contributed by atoms with van der Waals surface area (Å²) in [5.41, 5.74) is 5.20. The minimum Gasteiger partial charge on any atom is -0.468 e. The number of carbonyl (C=O) groups is 4. The predicted octanol–water partition coefficient (Wildman–Crippen LogP) is 5.83. The van der Waals surface area contributed by atoms with Gasteiger partial charge in [-0.25, -0.2) is 14.4 Å². The molecule has 0 aromatic heterocycles. The molecule has 0 aliphatic heterocycles. The summed E-state index contributed by atoms with van der Waals surface area (Å²) < 4.78 is 36.1. The first-order valence-corrected chi connectivity index (χ1v) is 14.1. The first kappa shape index (κ1) is 34.9. The number of hydrogen-bond donors (Lipinski definition) is 1. The second-order valence-electron chi connectivity index (χ2n) is 10.2. The summed E-state index contributed by atoms with van der Waals surface area (Å²) >= 11 is 0. The lowest BCUT2D eigenvalue weighted by atomic mass is 9.88. The number of rotatable bonds is 15. The first-order chi connectivity index (χ1) is 20.5. The topological polar surface area (TPSA) is 159 Å². The zero-order valence-corrected chi connectivity index (χ0v) is 25.3. The molecule has 2 aromatic rings. The van der Waals surface area contributed by atoms with Crippen LogP contribution in [0.3, 0.4) is 0 Å². The zero-order valence-electron chi connectivity index (χ0n) is 25.3. The lowest BCUT2D eigenvalue weighted by Gasteiger charge is -2.26. The Bertz CT molecular complexity index is 1200. The van der Waals surface area contributed by atoms with Crippen LogP contribution in [0.2, 0.25) is 0 Å². The molecule has 0 radical (unpaired) electrons. The maximum Gasteiger partial charge on any atom is 0.513 e.